The summed E-state index contributed by atoms with van der Waals surface area (Å²) in [6.07, 6.45) is 2.74. The van der Waals surface area contributed by atoms with Crippen molar-refractivity contribution in [3.05, 3.63) is 50.1 Å². The number of thiophene rings is 1. The Balaban J connectivity index is 1.37. The van der Waals surface area contributed by atoms with Gasteiger partial charge in [-0.15, -0.1) is 21.5 Å². The molecule has 1 aromatic carbocycles. The Hall–Kier alpha value is -2.56. The molecular formula is C24H28ClN5O3S2. The molecule has 3 aromatic rings. The second-order valence-corrected chi connectivity index (χ2v) is 11.3. The number of carbonyl (C=O) groups excluding carboxylic acids is 2. The molecule has 11 heteroatoms. The zero-order valence-corrected chi connectivity index (χ0v) is 22.5. The summed E-state index contributed by atoms with van der Waals surface area (Å²) >= 11 is 8.95. The number of carbonyl (C=O) groups is 2. The number of hydrogen-bond acceptors (Lipinski definition) is 7. The van der Waals surface area contributed by atoms with Crippen LogP contribution in [0.25, 0.3) is 0 Å². The minimum Gasteiger partial charge on any atom is -0.486 e. The maximum atomic E-state index is 12.7. The molecule has 2 amide bonds. The maximum Gasteiger partial charge on any atom is 0.251 e. The molecule has 1 atom stereocenters. The van der Waals surface area contributed by atoms with Crippen molar-refractivity contribution in [2.24, 2.45) is 18.7 Å². The van der Waals surface area contributed by atoms with E-state index < -0.39 is 5.91 Å². The number of anilines is 1. The van der Waals surface area contributed by atoms with Crippen LogP contribution < -0.4 is 15.8 Å². The van der Waals surface area contributed by atoms with E-state index in [1.165, 1.54) is 23.1 Å². The molecule has 4 rings (SSSR count). The number of hydrogen-bond donors (Lipinski definition) is 2. The zero-order chi connectivity index (χ0) is 25.3. The minimum absolute atomic E-state index is 0.125. The third kappa shape index (κ3) is 5.65. The largest absolute Gasteiger partial charge is 0.486 e. The molecule has 1 aliphatic carbocycles. The summed E-state index contributed by atoms with van der Waals surface area (Å²) in [4.78, 5) is 25.9. The zero-order valence-electron chi connectivity index (χ0n) is 20.1. The van der Waals surface area contributed by atoms with E-state index in [1.807, 2.05) is 33.0 Å². The van der Waals surface area contributed by atoms with E-state index in [9.17, 15) is 9.59 Å². The van der Waals surface area contributed by atoms with Crippen LogP contribution in [-0.2, 0) is 31.3 Å². The van der Waals surface area contributed by atoms with E-state index in [1.54, 1.807) is 4.57 Å². The number of fused-ring (bicyclic) bond motifs is 1. The second kappa shape index (κ2) is 10.6. The third-order valence-electron chi connectivity index (χ3n) is 6.05. The Bertz CT molecular complexity index is 1260. The minimum atomic E-state index is -0.496. The van der Waals surface area contributed by atoms with Crippen LogP contribution in [0.4, 0.5) is 5.00 Å². The molecule has 35 heavy (non-hydrogen) atoms. The number of ether oxygens (including phenoxy) is 1. The van der Waals surface area contributed by atoms with Crippen molar-refractivity contribution >= 4 is 51.5 Å². The molecule has 1 unspecified atom stereocenters. The molecule has 1 aliphatic rings. The van der Waals surface area contributed by atoms with E-state index >= 15 is 0 Å². The highest BCUT2D eigenvalue weighted by atomic mass is 35.5. The van der Waals surface area contributed by atoms with Gasteiger partial charge in [-0.05, 0) is 67.9 Å². The maximum absolute atomic E-state index is 12.7. The lowest BCUT2D eigenvalue weighted by Gasteiger charge is -2.18. The number of aryl methyl sites for hydroxylation is 2. The van der Waals surface area contributed by atoms with E-state index in [0.717, 1.165) is 45.9 Å². The molecule has 0 aliphatic heterocycles. The summed E-state index contributed by atoms with van der Waals surface area (Å²) in [7, 11) is 1.83. The summed E-state index contributed by atoms with van der Waals surface area (Å²) in [6, 6.07) is 3.77. The normalized spacial score (nSPS) is 15.1. The van der Waals surface area contributed by atoms with Gasteiger partial charge in [0.15, 0.2) is 11.0 Å². The van der Waals surface area contributed by atoms with E-state index in [0.29, 0.717) is 33.2 Å². The van der Waals surface area contributed by atoms with Crippen molar-refractivity contribution in [1.82, 2.24) is 14.8 Å². The lowest BCUT2D eigenvalue weighted by atomic mass is 9.88. The van der Waals surface area contributed by atoms with Gasteiger partial charge in [0, 0.05) is 16.9 Å². The number of halogens is 1. The molecule has 8 nitrogen and oxygen atoms in total. The molecule has 0 bridgehead atoms. The fraction of sp³-hybridized carbons (Fsp3) is 0.417. The highest BCUT2D eigenvalue weighted by Gasteiger charge is 2.27. The summed E-state index contributed by atoms with van der Waals surface area (Å²) in [6.45, 7) is 6.29. The van der Waals surface area contributed by atoms with Crippen molar-refractivity contribution < 1.29 is 14.3 Å². The molecular weight excluding hydrogens is 506 g/mol. The van der Waals surface area contributed by atoms with Gasteiger partial charge < -0.3 is 20.4 Å². The van der Waals surface area contributed by atoms with Gasteiger partial charge in [-0.1, -0.05) is 30.3 Å². The Morgan fingerprint density at radius 3 is 2.71 bits per heavy atom. The first-order valence-corrected chi connectivity index (χ1v) is 13.5. The number of benzene rings is 1. The van der Waals surface area contributed by atoms with Crippen LogP contribution in [0.15, 0.2) is 17.3 Å². The molecule has 3 N–H and O–H groups in total. The monoisotopic (exact) mass is 533 g/mol. The Labute approximate surface area is 217 Å². The fourth-order valence-corrected chi connectivity index (χ4v) is 6.40. The number of thioether (sulfide) groups is 1. The van der Waals surface area contributed by atoms with E-state index in [4.69, 9.17) is 22.1 Å². The van der Waals surface area contributed by atoms with Gasteiger partial charge in [0.05, 0.1) is 11.3 Å². The van der Waals surface area contributed by atoms with Gasteiger partial charge in [-0.3, -0.25) is 9.59 Å². The number of nitrogens with two attached hydrogens (primary N) is 1. The van der Waals surface area contributed by atoms with Gasteiger partial charge in [0.25, 0.3) is 5.91 Å². The predicted octanol–water partition coefficient (Wildman–Crippen LogP) is 4.68. The fourth-order valence-electron chi connectivity index (χ4n) is 4.13. The average molecular weight is 534 g/mol. The molecule has 186 valence electrons. The molecule has 2 heterocycles. The van der Waals surface area contributed by atoms with Gasteiger partial charge >= 0.3 is 0 Å². The summed E-state index contributed by atoms with van der Waals surface area (Å²) in [5, 5.41) is 13.1. The Morgan fingerprint density at radius 1 is 1.31 bits per heavy atom. The van der Waals surface area contributed by atoms with Crippen molar-refractivity contribution in [2.75, 3.05) is 11.1 Å². The van der Waals surface area contributed by atoms with Crippen LogP contribution in [0.5, 0.6) is 5.75 Å². The van der Waals surface area contributed by atoms with Crippen LogP contribution in [0.2, 0.25) is 5.02 Å². The van der Waals surface area contributed by atoms with Crippen LogP contribution in [0.1, 0.15) is 51.1 Å². The molecule has 2 aromatic heterocycles. The van der Waals surface area contributed by atoms with Gasteiger partial charge in [0.1, 0.15) is 17.4 Å². The molecule has 0 fully saturated rings. The number of rotatable bonds is 8. The van der Waals surface area contributed by atoms with E-state index in [2.05, 4.69) is 22.4 Å². The van der Waals surface area contributed by atoms with Crippen LogP contribution in [0.3, 0.4) is 0 Å². The van der Waals surface area contributed by atoms with Gasteiger partial charge in [-0.2, -0.15) is 0 Å². The van der Waals surface area contributed by atoms with Crippen molar-refractivity contribution in [3.8, 4) is 5.75 Å². The SMILES string of the molecule is Cc1cc(OCc2nnc(SCC(=O)Nc3sc4c(c3C(N)=O)CCC(C)C4)n2C)cc(C)c1Cl. The number of primary amides is 1. The standard InChI is InChI=1S/C24H28ClN5O3S2/c1-12-5-6-16-17(7-12)35-23(20(16)22(26)32)27-19(31)11-34-24-29-28-18(30(24)4)10-33-15-8-13(2)21(25)14(3)9-15/h8-9,12H,5-7,10-11H2,1-4H3,(H2,26,32)(H,27,31). The quantitative estimate of drug-likeness (QED) is 0.406. The molecule has 0 radical (unpaired) electrons. The van der Waals surface area contributed by atoms with Crippen LogP contribution in [0, 0.1) is 19.8 Å². The summed E-state index contributed by atoms with van der Waals surface area (Å²) in [5.41, 5.74) is 8.99. The lowest BCUT2D eigenvalue weighted by molar-refractivity contribution is -0.113. The van der Waals surface area contributed by atoms with Crippen LogP contribution in [-0.4, -0.2) is 32.3 Å². The predicted molar refractivity (Wildman–Crippen MR) is 140 cm³/mol. The Morgan fingerprint density at radius 2 is 2.03 bits per heavy atom. The second-order valence-electron chi connectivity index (χ2n) is 8.87. The van der Waals surface area contributed by atoms with Gasteiger partial charge in [0.2, 0.25) is 5.91 Å². The lowest BCUT2D eigenvalue weighted by Crippen LogP contribution is -2.20. The number of nitrogens with zero attached hydrogens (tertiary/aromatic N) is 3. The topological polar surface area (TPSA) is 112 Å². The highest BCUT2D eigenvalue weighted by Crippen LogP contribution is 2.39. The van der Waals surface area contributed by atoms with Crippen molar-refractivity contribution in [1.29, 1.82) is 0 Å². The first-order valence-electron chi connectivity index (χ1n) is 11.3. The van der Waals surface area contributed by atoms with E-state index in [-0.39, 0.29) is 18.3 Å². The first kappa shape index (κ1) is 25.5. The smallest absolute Gasteiger partial charge is 0.251 e. The van der Waals surface area contributed by atoms with Crippen LogP contribution >= 0.6 is 34.7 Å². The third-order valence-corrected chi connectivity index (χ3v) is 8.83. The van der Waals surface area contributed by atoms with Crippen molar-refractivity contribution in [3.63, 3.8) is 0 Å². The number of nitrogens with one attached hydrogen (secondary N) is 1. The molecule has 0 saturated heterocycles. The number of aromatic nitrogens is 3. The summed E-state index contributed by atoms with van der Waals surface area (Å²) in [5.74, 6) is 1.30. The molecule has 0 spiro atoms. The highest BCUT2D eigenvalue weighted by molar-refractivity contribution is 7.99. The molecule has 0 saturated carbocycles. The first-order chi connectivity index (χ1) is 16.6. The summed E-state index contributed by atoms with van der Waals surface area (Å²) < 4.78 is 7.68. The average Bonchev–Trinajstić information content (AvgIpc) is 3.33. The Kier molecular flexibility index (Phi) is 7.73. The number of amides is 2. The van der Waals surface area contributed by atoms with Crippen molar-refractivity contribution in [2.45, 2.75) is 51.8 Å². The van der Waals surface area contributed by atoms with Gasteiger partial charge in [-0.25, -0.2) is 0 Å².